The molecule has 0 bridgehead atoms. The van der Waals surface area contributed by atoms with Crippen LogP contribution < -0.4 is 0 Å². The van der Waals surface area contributed by atoms with Gasteiger partial charge in [-0.3, -0.25) is 14.6 Å². The second-order valence-corrected chi connectivity index (χ2v) is 3.88. The minimum Gasteiger partial charge on any atom is -0.465 e. The van der Waals surface area contributed by atoms with E-state index in [-0.39, 0.29) is 12.5 Å². The number of carbonyl (C=O) groups excluding carboxylic acids is 2. The van der Waals surface area contributed by atoms with Gasteiger partial charge in [-0.15, -0.1) is 0 Å². The SMILES string of the molecule is CCOC(=O)CN(CC)C(=O)c1cncc(C)c1. The van der Waals surface area contributed by atoms with Gasteiger partial charge in [-0.1, -0.05) is 0 Å². The quantitative estimate of drug-likeness (QED) is 0.741. The summed E-state index contributed by atoms with van der Waals surface area (Å²) in [6.45, 7) is 6.16. The molecule has 0 N–H and O–H groups in total. The smallest absolute Gasteiger partial charge is 0.325 e. The number of rotatable bonds is 5. The van der Waals surface area contributed by atoms with Crippen molar-refractivity contribution >= 4 is 11.9 Å². The number of ether oxygens (including phenoxy) is 1. The molecular weight excluding hydrogens is 232 g/mol. The van der Waals surface area contributed by atoms with Crippen molar-refractivity contribution < 1.29 is 14.3 Å². The van der Waals surface area contributed by atoms with Crippen LogP contribution in [0, 0.1) is 6.92 Å². The Morgan fingerprint density at radius 2 is 2.06 bits per heavy atom. The van der Waals surface area contributed by atoms with Crippen LogP contribution >= 0.6 is 0 Å². The van der Waals surface area contributed by atoms with Gasteiger partial charge in [-0.05, 0) is 32.4 Å². The van der Waals surface area contributed by atoms with Crippen molar-refractivity contribution in [1.82, 2.24) is 9.88 Å². The van der Waals surface area contributed by atoms with E-state index in [2.05, 4.69) is 4.98 Å². The van der Waals surface area contributed by atoms with Gasteiger partial charge in [0.05, 0.1) is 12.2 Å². The molecule has 0 atom stereocenters. The summed E-state index contributed by atoms with van der Waals surface area (Å²) in [6, 6.07) is 1.75. The molecular formula is C13H18N2O3. The molecule has 1 heterocycles. The molecule has 1 aromatic rings. The van der Waals surface area contributed by atoms with E-state index in [0.717, 1.165) is 5.56 Å². The van der Waals surface area contributed by atoms with Crippen LogP contribution in [0.5, 0.6) is 0 Å². The largest absolute Gasteiger partial charge is 0.465 e. The van der Waals surface area contributed by atoms with Crippen LogP contribution in [0.2, 0.25) is 0 Å². The van der Waals surface area contributed by atoms with E-state index in [1.165, 1.54) is 11.1 Å². The molecule has 0 fully saturated rings. The van der Waals surface area contributed by atoms with Crippen molar-refractivity contribution in [2.45, 2.75) is 20.8 Å². The lowest BCUT2D eigenvalue weighted by molar-refractivity contribution is -0.143. The van der Waals surface area contributed by atoms with E-state index < -0.39 is 5.97 Å². The molecule has 18 heavy (non-hydrogen) atoms. The minimum absolute atomic E-state index is 0.0306. The fourth-order valence-electron chi connectivity index (χ4n) is 1.54. The van der Waals surface area contributed by atoms with Crippen molar-refractivity contribution in [3.8, 4) is 0 Å². The molecule has 0 unspecified atom stereocenters. The molecule has 0 aliphatic carbocycles. The van der Waals surface area contributed by atoms with Gasteiger partial charge < -0.3 is 9.64 Å². The molecule has 0 aliphatic rings. The lowest BCUT2D eigenvalue weighted by atomic mass is 10.2. The normalized spacial score (nSPS) is 9.94. The maximum Gasteiger partial charge on any atom is 0.325 e. The lowest BCUT2D eigenvalue weighted by Crippen LogP contribution is -2.36. The van der Waals surface area contributed by atoms with Gasteiger partial charge in [0.25, 0.3) is 5.91 Å². The third-order valence-electron chi connectivity index (χ3n) is 2.42. The molecule has 0 radical (unpaired) electrons. The predicted molar refractivity (Wildman–Crippen MR) is 67.2 cm³/mol. The zero-order chi connectivity index (χ0) is 13.5. The van der Waals surface area contributed by atoms with Crippen LogP contribution in [-0.2, 0) is 9.53 Å². The molecule has 1 aromatic heterocycles. The first-order valence-electron chi connectivity index (χ1n) is 5.95. The van der Waals surface area contributed by atoms with Gasteiger partial charge in [0.2, 0.25) is 0 Å². The third kappa shape index (κ3) is 3.84. The Morgan fingerprint density at radius 1 is 1.33 bits per heavy atom. The van der Waals surface area contributed by atoms with Crippen molar-refractivity contribution in [2.75, 3.05) is 19.7 Å². The number of esters is 1. The third-order valence-corrected chi connectivity index (χ3v) is 2.42. The Balaban J connectivity index is 2.76. The fraction of sp³-hybridized carbons (Fsp3) is 0.462. The highest BCUT2D eigenvalue weighted by atomic mass is 16.5. The highest BCUT2D eigenvalue weighted by molar-refractivity contribution is 5.95. The average Bonchev–Trinajstić information content (AvgIpc) is 2.35. The molecule has 0 saturated heterocycles. The molecule has 0 aliphatic heterocycles. The maximum atomic E-state index is 12.1. The first kappa shape index (κ1) is 14.2. The van der Waals surface area contributed by atoms with Crippen LogP contribution in [0.15, 0.2) is 18.5 Å². The number of pyridine rings is 1. The molecule has 5 heteroatoms. The zero-order valence-corrected chi connectivity index (χ0v) is 11.0. The monoisotopic (exact) mass is 250 g/mol. The minimum atomic E-state index is -0.395. The lowest BCUT2D eigenvalue weighted by Gasteiger charge is -2.19. The van der Waals surface area contributed by atoms with Crippen LogP contribution in [0.4, 0.5) is 0 Å². The van der Waals surface area contributed by atoms with E-state index >= 15 is 0 Å². The van der Waals surface area contributed by atoms with Gasteiger partial charge in [0.15, 0.2) is 0 Å². The van der Waals surface area contributed by atoms with E-state index in [1.807, 2.05) is 13.8 Å². The molecule has 1 amide bonds. The first-order chi connectivity index (χ1) is 8.58. The number of hydrogen-bond donors (Lipinski definition) is 0. The van der Waals surface area contributed by atoms with Crippen LogP contribution in [0.3, 0.4) is 0 Å². The van der Waals surface area contributed by atoms with Crippen LogP contribution in [0.1, 0.15) is 29.8 Å². The molecule has 98 valence electrons. The summed E-state index contributed by atoms with van der Waals surface area (Å²) in [7, 11) is 0. The number of hydrogen-bond acceptors (Lipinski definition) is 4. The van der Waals surface area contributed by atoms with E-state index in [0.29, 0.717) is 18.7 Å². The average molecular weight is 250 g/mol. The number of aromatic nitrogens is 1. The Labute approximate surface area is 107 Å². The van der Waals surface area contributed by atoms with E-state index in [4.69, 9.17) is 4.74 Å². The summed E-state index contributed by atoms with van der Waals surface area (Å²) in [5, 5.41) is 0. The summed E-state index contributed by atoms with van der Waals surface area (Å²) in [6.07, 6.45) is 3.18. The van der Waals surface area contributed by atoms with Gasteiger partial charge in [0.1, 0.15) is 6.54 Å². The highest BCUT2D eigenvalue weighted by Crippen LogP contribution is 2.06. The van der Waals surface area contributed by atoms with Crippen molar-refractivity contribution in [2.24, 2.45) is 0 Å². The molecule has 1 rings (SSSR count). The summed E-state index contributed by atoms with van der Waals surface area (Å²) >= 11 is 0. The van der Waals surface area contributed by atoms with Crippen LogP contribution in [0.25, 0.3) is 0 Å². The van der Waals surface area contributed by atoms with Gasteiger partial charge >= 0.3 is 5.97 Å². The summed E-state index contributed by atoms with van der Waals surface area (Å²) in [5.74, 6) is -0.602. The Morgan fingerprint density at radius 3 is 2.61 bits per heavy atom. The summed E-state index contributed by atoms with van der Waals surface area (Å²) in [5.41, 5.74) is 1.40. The maximum absolute atomic E-state index is 12.1. The van der Waals surface area contributed by atoms with Gasteiger partial charge in [-0.25, -0.2) is 0 Å². The molecule has 0 spiro atoms. The second kappa shape index (κ2) is 6.74. The number of likely N-dealkylation sites (N-methyl/N-ethyl adjacent to an activating group) is 1. The Bertz CT molecular complexity index is 432. The van der Waals surface area contributed by atoms with Crippen molar-refractivity contribution in [3.05, 3.63) is 29.6 Å². The Hall–Kier alpha value is -1.91. The number of carbonyl (C=O) groups is 2. The first-order valence-corrected chi connectivity index (χ1v) is 5.95. The highest BCUT2D eigenvalue weighted by Gasteiger charge is 2.18. The fourth-order valence-corrected chi connectivity index (χ4v) is 1.54. The van der Waals surface area contributed by atoms with E-state index in [9.17, 15) is 9.59 Å². The number of amides is 1. The predicted octanol–water partition coefficient (Wildman–Crippen LogP) is 1.42. The standard InChI is InChI=1S/C13H18N2O3/c1-4-15(9-12(16)18-5-2)13(17)11-6-10(3)7-14-8-11/h6-8H,4-5,9H2,1-3H3. The number of nitrogens with zero attached hydrogens (tertiary/aromatic N) is 2. The molecule has 0 saturated carbocycles. The Kier molecular flexibility index (Phi) is 5.30. The van der Waals surface area contributed by atoms with E-state index in [1.54, 1.807) is 19.2 Å². The van der Waals surface area contributed by atoms with Crippen LogP contribution in [-0.4, -0.2) is 41.5 Å². The summed E-state index contributed by atoms with van der Waals surface area (Å²) < 4.78 is 4.84. The zero-order valence-electron chi connectivity index (χ0n) is 11.0. The van der Waals surface area contributed by atoms with Gasteiger partial charge in [0, 0.05) is 18.9 Å². The number of aryl methyl sites for hydroxylation is 1. The second-order valence-electron chi connectivity index (χ2n) is 3.88. The summed E-state index contributed by atoms with van der Waals surface area (Å²) in [4.78, 5) is 28.9. The topological polar surface area (TPSA) is 59.5 Å². The van der Waals surface area contributed by atoms with Crippen molar-refractivity contribution in [3.63, 3.8) is 0 Å². The molecule has 0 aromatic carbocycles. The van der Waals surface area contributed by atoms with Crippen molar-refractivity contribution in [1.29, 1.82) is 0 Å². The molecule has 5 nitrogen and oxygen atoms in total. The van der Waals surface area contributed by atoms with Gasteiger partial charge in [-0.2, -0.15) is 0 Å².